The van der Waals surface area contributed by atoms with E-state index in [2.05, 4.69) is 21.2 Å². The van der Waals surface area contributed by atoms with E-state index in [1.54, 1.807) is 11.3 Å². The molecule has 0 aliphatic carbocycles. The quantitative estimate of drug-likeness (QED) is 0.821. The number of β-amino-alcohol motifs (C(OH)–C–C–N with tert-alkyl or cyclic N) is 1. The number of hydrogen-bond donors (Lipinski definition) is 2. The zero-order chi connectivity index (χ0) is 15.2. The van der Waals surface area contributed by atoms with Crippen LogP contribution in [0.4, 0.5) is 0 Å². The van der Waals surface area contributed by atoms with Gasteiger partial charge >= 0.3 is 0 Å². The highest BCUT2D eigenvalue weighted by molar-refractivity contribution is 7.09. The Balaban J connectivity index is 1.33. The van der Waals surface area contributed by atoms with Gasteiger partial charge in [-0.05, 0) is 48.9 Å². The fraction of sp³-hybridized carbons (Fsp3) is 0.562. The fourth-order valence-electron chi connectivity index (χ4n) is 2.97. The van der Waals surface area contributed by atoms with Crippen molar-refractivity contribution in [2.75, 3.05) is 26.2 Å². The second-order valence-corrected chi connectivity index (χ2v) is 6.89. The Morgan fingerprint density at radius 2 is 2.32 bits per heavy atom. The molecule has 22 heavy (non-hydrogen) atoms. The molecule has 0 amide bonds. The third kappa shape index (κ3) is 4.39. The predicted molar refractivity (Wildman–Crippen MR) is 87.0 cm³/mol. The molecule has 5 nitrogen and oxygen atoms in total. The predicted octanol–water partition coefficient (Wildman–Crippen LogP) is 2.23. The van der Waals surface area contributed by atoms with E-state index in [-0.39, 0.29) is 0 Å². The summed E-state index contributed by atoms with van der Waals surface area (Å²) in [5.74, 6) is 0.599. The Hall–Kier alpha value is -1.21. The van der Waals surface area contributed by atoms with Crippen LogP contribution in [0, 0.1) is 0 Å². The van der Waals surface area contributed by atoms with Gasteiger partial charge in [-0.25, -0.2) is 0 Å². The summed E-state index contributed by atoms with van der Waals surface area (Å²) in [6.45, 7) is 3.75. The average molecular weight is 321 g/mol. The smallest absolute Gasteiger partial charge is 0.0900 e. The van der Waals surface area contributed by atoms with E-state index >= 15 is 0 Å². The van der Waals surface area contributed by atoms with Crippen molar-refractivity contribution < 1.29 is 9.84 Å². The van der Waals surface area contributed by atoms with Gasteiger partial charge in [0.25, 0.3) is 0 Å². The van der Waals surface area contributed by atoms with Crippen molar-refractivity contribution in [1.82, 2.24) is 15.1 Å². The number of thiophene rings is 1. The summed E-state index contributed by atoms with van der Waals surface area (Å²) in [4.78, 5) is 3.53. The highest BCUT2D eigenvalue weighted by Gasteiger charge is 2.22. The van der Waals surface area contributed by atoms with Crippen molar-refractivity contribution in [3.63, 3.8) is 0 Å². The molecule has 1 aliphatic rings. The Labute approximate surface area is 134 Å². The standard InChI is InChI=1S/C16H23N3O2S/c20-15(11-21-12-16-2-1-7-22-16)10-19-5-3-13(4-6-19)14-8-17-18-9-14/h1-2,7-9,13,15,20H,3-6,10-12H2,(H,17,18)/t15-/m1/s1. The van der Waals surface area contributed by atoms with E-state index in [4.69, 9.17) is 4.74 Å². The molecule has 1 saturated heterocycles. The maximum atomic E-state index is 10.1. The van der Waals surface area contributed by atoms with Crippen molar-refractivity contribution >= 4 is 11.3 Å². The minimum absolute atomic E-state index is 0.402. The van der Waals surface area contributed by atoms with Gasteiger partial charge in [-0.2, -0.15) is 5.10 Å². The van der Waals surface area contributed by atoms with Crippen LogP contribution in [0.3, 0.4) is 0 Å². The minimum atomic E-state index is -0.412. The van der Waals surface area contributed by atoms with Gasteiger partial charge in [0.1, 0.15) is 0 Å². The Morgan fingerprint density at radius 1 is 1.45 bits per heavy atom. The molecule has 0 spiro atoms. The third-order valence-electron chi connectivity index (χ3n) is 4.18. The number of nitrogens with zero attached hydrogens (tertiary/aromatic N) is 2. The molecular weight excluding hydrogens is 298 g/mol. The zero-order valence-corrected chi connectivity index (χ0v) is 13.5. The Kier molecular flexibility index (Phi) is 5.61. The van der Waals surface area contributed by atoms with Crippen LogP contribution in [0.5, 0.6) is 0 Å². The molecule has 1 fully saturated rings. The summed E-state index contributed by atoms with van der Waals surface area (Å²) in [5.41, 5.74) is 1.31. The van der Waals surface area contributed by atoms with E-state index in [1.807, 2.05) is 23.8 Å². The summed E-state index contributed by atoms with van der Waals surface area (Å²) in [6, 6.07) is 4.07. The number of likely N-dealkylation sites (tertiary alicyclic amines) is 1. The molecule has 120 valence electrons. The van der Waals surface area contributed by atoms with Crippen molar-refractivity contribution in [3.8, 4) is 0 Å². The lowest BCUT2D eigenvalue weighted by Crippen LogP contribution is -2.39. The maximum absolute atomic E-state index is 10.1. The summed E-state index contributed by atoms with van der Waals surface area (Å²) in [7, 11) is 0. The topological polar surface area (TPSA) is 61.4 Å². The number of aromatic amines is 1. The molecule has 6 heteroatoms. The molecule has 3 heterocycles. The number of piperidine rings is 1. The lowest BCUT2D eigenvalue weighted by Gasteiger charge is -2.32. The molecule has 3 rings (SSSR count). The molecule has 0 aromatic carbocycles. The number of aromatic nitrogens is 2. The summed E-state index contributed by atoms with van der Waals surface area (Å²) in [6.07, 6.45) is 5.76. The first-order chi connectivity index (χ1) is 10.8. The number of ether oxygens (including phenoxy) is 1. The molecular formula is C16H23N3O2S. The first-order valence-corrected chi connectivity index (χ1v) is 8.68. The number of hydrogen-bond acceptors (Lipinski definition) is 5. The van der Waals surface area contributed by atoms with E-state index in [0.717, 1.165) is 25.9 Å². The normalized spacial score (nSPS) is 18.6. The summed E-state index contributed by atoms with van der Waals surface area (Å²) >= 11 is 1.68. The first kappa shape index (κ1) is 15.7. The number of aliphatic hydroxyl groups is 1. The molecule has 2 aromatic heterocycles. The zero-order valence-electron chi connectivity index (χ0n) is 12.6. The van der Waals surface area contributed by atoms with E-state index in [0.29, 0.717) is 25.7 Å². The second-order valence-electron chi connectivity index (χ2n) is 5.85. The van der Waals surface area contributed by atoms with Crippen LogP contribution in [0.25, 0.3) is 0 Å². The first-order valence-electron chi connectivity index (χ1n) is 7.80. The van der Waals surface area contributed by atoms with Gasteiger partial charge in [0.05, 0.1) is 25.5 Å². The van der Waals surface area contributed by atoms with Crippen LogP contribution in [0.2, 0.25) is 0 Å². The van der Waals surface area contributed by atoms with Crippen LogP contribution in [0.1, 0.15) is 29.2 Å². The van der Waals surface area contributed by atoms with E-state index < -0.39 is 6.10 Å². The van der Waals surface area contributed by atoms with Gasteiger partial charge in [0.15, 0.2) is 0 Å². The number of rotatable bonds is 7. The lowest BCUT2D eigenvalue weighted by atomic mass is 9.91. The second kappa shape index (κ2) is 7.87. The summed E-state index contributed by atoms with van der Waals surface area (Å²) in [5, 5.41) is 19.1. The number of aliphatic hydroxyl groups excluding tert-OH is 1. The largest absolute Gasteiger partial charge is 0.389 e. The van der Waals surface area contributed by atoms with Crippen LogP contribution >= 0.6 is 11.3 Å². The number of nitrogens with one attached hydrogen (secondary N) is 1. The maximum Gasteiger partial charge on any atom is 0.0900 e. The van der Waals surface area contributed by atoms with Gasteiger partial charge < -0.3 is 14.7 Å². The molecule has 0 radical (unpaired) electrons. The highest BCUT2D eigenvalue weighted by atomic mass is 32.1. The van der Waals surface area contributed by atoms with Gasteiger partial charge in [-0.1, -0.05) is 6.07 Å². The van der Waals surface area contributed by atoms with Crippen LogP contribution in [-0.4, -0.2) is 52.5 Å². The van der Waals surface area contributed by atoms with E-state index in [1.165, 1.54) is 10.4 Å². The minimum Gasteiger partial charge on any atom is -0.389 e. The molecule has 1 atom stereocenters. The van der Waals surface area contributed by atoms with Crippen LogP contribution < -0.4 is 0 Å². The van der Waals surface area contributed by atoms with Crippen molar-refractivity contribution in [2.24, 2.45) is 0 Å². The van der Waals surface area contributed by atoms with Crippen LogP contribution in [0.15, 0.2) is 29.9 Å². The Bertz CT molecular complexity index is 522. The molecule has 0 saturated carbocycles. The van der Waals surface area contributed by atoms with Crippen molar-refractivity contribution in [1.29, 1.82) is 0 Å². The molecule has 2 N–H and O–H groups in total. The SMILES string of the molecule is O[C@@H](COCc1cccs1)CN1CCC(c2cn[nH]c2)CC1. The molecule has 0 unspecified atom stereocenters. The van der Waals surface area contributed by atoms with Gasteiger partial charge in [0.2, 0.25) is 0 Å². The fourth-order valence-corrected chi connectivity index (χ4v) is 3.61. The molecule has 0 bridgehead atoms. The van der Waals surface area contributed by atoms with Gasteiger partial charge in [-0.15, -0.1) is 11.3 Å². The van der Waals surface area contributed by atoms with Crippen molar-refractivity contribution in [2.45, 2.75) is 31.5 Å². The average Bonchev–Trinajstić information content (AvgIpc) is 3.21. The van der Waals surface area contributed by atoms with Crippen molar-refractivity contribution in [3.05, 3.63) is 40.3 Å². The Morgan fingerprint density at radius 3 is 3.00 bits per heavy atom. The van der Waals surface area contributed by atoms with Gasteiger partial charge in [-0.3, -0.25) is 5.10 Å². The van der Waals surface area contributed by atoms with E-state index in [9.17, 15) is 5.11 Å². The highest BCUT2D eigenvalue weighted by Crippen LogP contribution is 2.27. The third-order valence-corrected chi connectivity index (χ3v) is 5.03. The number of H-pyrrole nitrogens is 1. The summed E-state index contributed by atoms with van der Waals surface area (Å²) < 4.78 is 5.58. The molecule has 2 aromatic rings. The molecule has 1 aliphatic heterocycles. The monoisotopic (exact) mass is 321 g/mol. The van der Waals surface area contributed by atoms with Gasteiger partial charge in [0, 0.05) is 17.6 Å². The van der Waals surface area contributed by atoms with Crippen LogP contribution in [-0.2, 0) is 11.3 Å². The lowest BCUT2D eigenvalue weighted by molar-refractivity contribution is 0.00695.